The molecule has 0 aliphatic carbocycles. The molecule has 32 heavy (non-hydrogen) atoms. The SMILES string of the molecule is CC(C)c1cc(C(C)(c2cc(C(C)C)c(O)c(C(C)C)c2)C(F)(F)F)cc(C(C)C)c1O. The van der Waals surface area contributed by atoms with Gasteiger partial charge in [-0.2, -0.15) is 13.2 Å². The van der Waals surface area contributed by atoms with Crippen molar-refractivity contribution in [2.45, 2.75) is 97.6 Å². The summed E-state index contributed by atoms with van der Waals surface area (Å²) in [5.74, 6) is -0.409. The summed E-state index contributed by atoms with van der Waals surface area (Å²) in [5, 5.41) is 21.5. The Hall–Kier alpha value is -2.17. The fraction of sp³-hybridized carbons (Fsp3) is 0.556. The van der Waals surface area contributed by atoms with Crippen LogP contribution in [0.2, 0.25) is 0 Å². The molecule has 0 saturated carbocycles. The fourth-order valence-electron chi connectivity index (χ4n) is 4.19. The third-order valence-corrected chi connectivity index (χ3v) is 6.55. The van der Waals surface area contributed by atoms with Crippen LogP contribution in [-0.2, 0) is 5.41 Å². The van der Waals surface area contributed by atoms with E-state index in [1.54, 1.807) is 0 Å². The first kappa shape index (κ1) is 26.1. The molecule has 0 spiro atoms. The maximum absolute atomic E-state index is 14.9. The highest BCUT2D eigenvalue weighted by Crippen LogP contribution is 2.50. The zero-order valence-corrected chi connectivity index (χ0v) is 20.6. The average molecular weight is 451 g/mol. The highest BCUT2D eigenvalue weighted by molar-refractivity contribution is 5.55. The van der Waals surface area contributed by atoms with Crippen molar-refractivity contribution in [3.05, 3.63) is 57.6 Å². The lowest BCUT2D eigenvalue weighted by Gasteiger charge is -2.36. The quantitative estimate of drug-likeness (QED) is 0.463. The number of aromatic hydroxyl groups is 2. The standard InChI is InChI=1S/C27H37F3O2/c1-14(2)20-10-18(11-21(15(3)4)24(20)31)26(9,27(28,29)30)19-12-22(16(5)6)25(32)23(13-19)17(7)8/h10-17,31-32H,1-9H3. The predicted molar refractivity (Wildman–Crippen MR) is 125 cm³/mol. The van der Waals surface area contributed by atoms with E-state index in [9.17, 15) is 23.4 Å². The highest BCUT2D eigenvalue weighted by Gasteiger charge is 2.54. The van der Waals surface area contributed by atoms with Gasteiger partial charge in [-0.25, -0.2) is 0 Å². The number of alkyl halides is 3. The second-order valence-electron chi connectivity index (χ2n) is 10.2. The van der Waals surface area contributed by atoms with Crippen LogP contribution in [0.3, 0.4) is 0 Å². The molecule has 2 rings (SSSR count). The minimum Gasteiger partial charge on any atom is -0.507 e. The molecule has 0 aromatic heterocycles. The van der Waals surface area contributed by atoms with E-state index in [0.717, 1.165) is 0 Å². The molecule has 0 amide bonds. The molecule has 0 heterocycles. The molecule has 0 atom stereocenters. The van der Waals surface area contributed by atoms with Gasteiger partial charge in [0.15, 0.2) is 0 Å². The molecule has 0 radical (unpaired) electrons. The van der Waals surface area contributed by atoms with Crippen molar-refractivity contribution < 1.29 is 23.4 Å². The highest BCUT2D eigenvalue weighted by atomic mass is 19.4. The van der Waals surface area contributed by atoms with Crippen LogP contribution in [-0.4, -0.2) is 16.4 Å². The summed E-state index contributed by atoms with van der Waals surface area (Å²) in [5.41, 5.74) is -0.0744. The number of phenolic OH excluding ortho intramolecular Hbond substituents is 2. The van der Waals surface area contributed by atoms with Gasteiger partial charge in [0, 0.05) is 0 Å². The Labute approximate surface area is 190 Å². The molecule has 0 aliphatic rings. The fourth-order valence-corrected chi connectivity index (χ4v) is 4.19. The number of halogens is 3. The van der Waals surface area contributed by atoms with Crippen LogP contribution in [0.15, 0.2) is 24.3 Å². The Morgan fingerprint density at radius 1 is 0.562 bits per heavy atom. The van der Waals surface area contributed by atoms with E-state index in [1.165, 1.54) is 31.2 Å². The lowest BCUT2D eigenvalue weighted by Crippen LogP contribution is -2.41. The van der Waals surface area contributed by atoms with Gasteiger partial charge in [0.25, 0.3) is 0 Å². The Bertz CT molecular complexity index is 842. The maximum Gasteiger partial charge on any atom is 0.402 e. The van der Waals surface area contributed by atoms with Gasteiger partial charge in [-0.1, -0.05) is 79.7 Å². The largest absolute Gasteiger partial charge is 0.507 e. The Morgan fingerprint density at radius 3 is 0.938 bits per heavy atom. The number of hydrogen-bond acceptors (Lipinski definition) is 2. The summed E-state index contributed by atoms with van der Waals surface area (Å²) in [6.45, 7) is 16.1. The van der Waals surface area contributed by atoms with Crippen molar-refractivity contribution in [1.82, 2.24) is 0 Å². The Balaban J connectivity index is 3.01. The molecule has 0 bridgehead atoms. The van der Waals surface area contributed by atoms with E-state index >= 15 is 0 Å². The van der Waals surface area contributed by atoms with E-state index < -0.39 is 11.6 Å². The summed E-state index contributed by atoms with van der Waals surface area (Å²) >= 11 is 0. The van der Waals surface area contributed by atoms with Crippen LogP contribution in [0.4, 0.5) is 13.2 Å². The van der Waals surface area contributed by atoms with Gasteiger partial charge < -0.3 is 10.2 Å². The molecule has 2 nitrogen and oxygen atoms in total. The van der Waals surface area contributed by atoms with Crippen molar-refractivity contribution >= 4 is 0 Å². The van der Waals surface area contributed by atoms with Gasteiger partial charge in [-0.3, -0.25) is 0 Å². The Kier molecular flexibility index (Phi) is 7.33. The smallest absolute Gasteiger partial charge is 0.402 e. The average Bonchev–Trinajstić information content (AvgIpc) is 2.65. The number of hydrogen-bond donors (Lipinski definition) is 2. The zero-order valence-electron chi connectivity index (χ0n) is 20.6. The molecule has 2 aromatic carbocycles. The van der Waals surface area contributed by atoms with Gasteiger partial charge in [-0.05, 0) is 64.0 Å². The van der Waals surface area contributed by atoms with Crippen LogP contribution < -0.4 is 0 Å². The molecule has 2 N–H and O–H groups in total. The van der Waals surface area contributed by atoms with Gasteiger partial charge in [0.1, 0.15) is 16.9 Å². The van der Waals surface area contributed by atoms with Crippen molar-refractivity contribution in [2.24, 2.45) is 0 Å². The first-order chi connectivity index (χ1) is 14.5. The van der Waals surface area contributed by atoms with Crippen LogP contribution in [0.5, 0.6) is 11.5 Å². The van der Waals surface area contributed by atoms with Crippen LogP contribution in [0.1, 0.15) is 119 Å². The number of benzene rings is 2. The molecule has 0 fully saturated rings. The van der Waals surface area contributed by atoms with Crippen molar-refractivity contribution in [3.63, 3.8) is 0 Å². The second kappa shape index (κ2) is 8.99. The minimum atomic E-state index is -4.59. The Morgan fingerprint density at radius 2 is 0.781 bits per heavy atom. The van der Waals surface area contributed by atoms with Crippen molar-refractivity contribution in [2.75, 3.05) is 0 Å². The molecular formula is C27H37F3O2. The normalized spacial score (nSPS) is 13.1. The first-order valence-electron chi connectivity index (χ1n) is 11.3. The summed E-state index contributed by atoms with van der Waals surface area (Å²) < 4.78 is 44.6. The van der Waals surface area contributed by atoms with Gasteiger partial charge >= 0.3 is 6.18 Å². The molecule has 2 aromatic rings. The number of phenols is 2. The maximum atomic E-state index is 14.9. The molecule has 0 aliphatic heterocycles. The van der Waals surface area contributed by atoms with E-state index in [0.29, 0.717) is 22.3 Å². The van der Waals surface area contributed by atoms with E-state index in [4.69, 9.17) is 0 Å². The van der Waals surface area contributed by atoms with Crippen LogP contribution >= 0.6 is 0 Å². The molecule has 0 unspecified atom stereocenters. The van der Waals surface area contributed by atoms with Gasteiger partial charge in [0.05, 0.1) is 0 Å². The summed E-state index contributed by atoms with van der Waals surface area (Å²) in [6, 6.07) is 5.99. The van der Waals surface area contributed by atoms with Crippen molar-refractivity contribution in [3.8, 4) is 11.5 Å². The van der Waals surface area contributed by atoms with E-state index in [-0.39, 0.29) is 46.3 Å². The summed E-state index contributed by atoms with van der Waals surface area (Å²) in [7, 11) is 0. The number of rotatable bonds is 6. The third-order valence-electron chi connectivity index (χ3n) is 6.55. The van der Waals surface area contributed by atoms with Gasteiger partial charge in [0.2, 0.25) is 0 Å². The minimum absolute atomic E-state index is 0.0692. The van der Waals surface area contributed by atoms with Crippen LogP contribution in [0, 0.1) is 0 Å². The molecule has 5 heteroatoms. The van der Waals surface area contributed by atoms with Crippen molar-refractivity contribution in [1.29, 1.82) is 0 Å². The van der Waals surface area contributed by atoms with E-state index in [1.807, 2.05) is 55.4 Å². The monoisotopic (exact) mass is 450 g/mol. The summed E-state index contributed by atoms with van der Waals surface area (Å²) in [6.07, 6.45) is -4.59. The lowest BCUT2D eigenvalue weighted by molar-refractivity contribution is -0.173. The molecular weight excluding hydrogens is 413 g/mol. The third kappa shape index (κ3) is 4.49. The molecule has 0 saturated heterocycles. The lowest BCUT2D eigenvalue weighted by atomic mass is 9.71. The molecule has 178 valence electrons. The topological polar surface area (TPSA) is 40.5 Å². The summed E-state index contributed by atoms with van der Waals surface area (Å²) in [4.78, 5) is 0. The van der Waals surface area contributed by atoms with Gasteiger partial charge in [-0.15, -0.1) is 0 Å². The zero-order chi connectivity index (χ0) is 24.8. The van der Waals surface area contributed by atoms with E-state index in [2.05, 4.69) is 0 Å². The predicted octanol–water partition coefficient (Wildman–Crippen LogP) is 8.46. The first-order valence-corrected chi connectivity index (χ1v) is 11.3. The second-order valence-corrected chi connectivity index (χ2v) is 10.2. The van der Waals surface area contributed by atoms with Crippen LogP contribution in [0.25, 0.3) is 0 Å².